The van der Waals surface area contributed by atoms with Gasteiger partial charge >= 0.3 is 5.97 Å². The molecule has 0 N–H and O–H groups in total. The fraction of sp³-hybridized carbons (Fsp3) is 0.500. The van der Waals surface area contributed by atoms with Crippen LogP contribution in [0.4, 0.5) is 0 Å². The smallest absolute Gasteiger partial charge is 0.334 e. The number of allylic oxidation sites excluding steroid dienone is 1. The zero-order valence-corrected chi connectivity index (χ0v) is 12.1. The molecule has 3 aliphatic carbocycles. The van der Waals surface area contributed by atoms with E-state index in [1.807, 2.05) is 0 Å². The molecule has 2 fully saturated rings. The first kappa shape index (κ1) is 12.2. The van der Waals surface area contributed by atoms with Gasteiger partial charge in [0.05, 0.1) is 7.11 Å². The Kier molecular flexibility index (Phi) is 2.57. The Balaban J connectivity index is 1.83. The number of carbonyl (C=O) groups excluding carboxylic acids is 1. The van der Waals surface area contributed by atoms with Crippen molar-refractivity contribution >= 4 is 11.5 Å². The molecule has 3 aliphatic rings. The Labute approximate surface area is 119 Å². The van der Waals surface area contributed by atoms with Crippen LogP contribution in [0.25, 0.3) is 5.57 Å². The minimum Gasteiger partial charge on any atom is -0.466 e. The van der Waals surface area contributed by atoms with E-state index in [2.05, 4.69) is 31.2 Å². The highest BCUT2D eigenvalue weighted by atomic mass is 16.5. The van der Waals surface area contributed by atoms with Crippen LogP contribution in [-0.2, 0) is 9.53 Å². The maximum atomic E-state index is 12.2. The number of fused-ring (bicyclic) bond motifs is 5. The average Bonchev–Trinajstić information content (AvgIpc) is 2.96. The zero-order chi connectivity index (χ0) is 13.9. The molecule has 2 heteroatoms. The second-order valence-electron chi connectivity index (χ2n) is 6.57. The van der Waals surface area contributed by atoms with Gasteiger partial charge in [0.15, 0.2) is 0 Å². The predicted molar refractivity (Wildman–Crippen MR) is 77.9 cm³/mol. The summed E-state index contributed by atoms with van der Waals surface area (Å²) in [4.78, 5) is 12.2. The Bertz CT molecular complexity index is 614. The van der Waals surface area contributed by atoms with E-state index in [1.54, 1.807) is 0 Å². The number of esters is 1. The van der Waals surface area contributed by atoms with Crippen molar-refractivity contribution in [3.05, 3.63) is 41.0 Å². The lowest BCUT2D eigenvalue weighted by Crippen LogP contribution is -2.38. The molecule has 1 aromatic rings. The summed E-state index contributed by atoms with van der Waals surface area (Å²) in [5, 5.41) is 0. The molecule has 0 spiro atoms. The molecular formula is C18H20O2. The van der Waals surface area contributed by atoms with Crippen LogP contribution in [-0.4, -0.2) is 13.1 Å². The monoisotopic (exact) mass is 268 g/mol. The lowest BCUT2D eigenvalue weighted by atomic mass is 9.59. The van der Waals surface area contributed by atoms with Crippen molar-refractivity contribution in [2.75, 3.05) is 7.11 Å². The minimum absolute atomic E-state index is 0.102. The van der Waals surface area contributed by atoms with Crippen molar-refractivity contribution in [2.24, 2.45) is 23.7 Å². The summed E-state index contributed by atoms with van der Waals surface area (Å²) in [6.07, 6.45) is 3.95. The molecule has 0 aromatic heterocycles. The van der Waals surface area contributed by atoms with E-state index in [4.69, 9.17) is 4.74 Å². The molecule has 4 rings (SSSR count). The Morgan fingerprint density at radius 2 is 1.95 bits per heavy atom. The molecule has 2 bridgehead atoms. The SMILES string of the molecule is COC(=O)C1=C(c2cccc(C)c2)[C@H]2[C@@H]3CC[C@@H](C3)[C@@H]12. The molecule has 0 radical (unpaired) electrons. The maximum absolute atomic E-state index is 12.2. The molecule has 20 heavy (non-hydrogen) atoms. The van der Waals surface area contributed by atoms with Crippen molar-refractivity contribution in [3.8, 4) is 0 Å². The Morgan fingerprint density at radius 3 is 2.65 bits per heavy atom. The van der Waals surface area contributed by atoms with Gasteiger partial charge in [0, 0.05) is 11.5 Å². The molecule has 1 aromatic carbocycles. The standard InChI is InChI=1S/C18H20O2/c1-10-4-3-5-11(8-10)15-14-12-6-7-13(9-12)16(14)17(15)18(19)20-2/h3-5,8,12-14,16H,6-7,9H2,1-2H3/t12-,13+,14-,16-/m1/s1. The normalized spacial score (nSPS) is 33.9. The number of hydrogen-bond donors (Lipinski definition) is 0. The Hall–Kier alpha value is -1.57. The molecule has 0 amide bonds. The van der Waals surface area contributed by atoms with Crippen molar-refractivity contribution in [2.45, 2.75) is 26.2 Å². The molecule has 0 unspecified atom stereocenters. The van der Waals surface area contributed by atoms with Crippen LogP contribution in [0.1, 0.15) is 30.4 Å². The number of aryl methyl sites for hydroxylation is 1. The highest BCUT2D eigenvalue weighted by Gasteiger charge is 2.58. The van der Waals surface area contributed by atoms with E-state index in [9.17, 15) is 4.79 Å². The molecule has 0 aliphatic heterocycles. The molecule has 104 valence electrons. The molecular weight excluding hydrogens is 248 g/mol. The zero-order valence-electron chi connectivity index (χ0n) is 12.1. The van der Waals surface area contributed by atoms with E-state index < -0.39 is 0 Å². The molecule has 2 saturated carbocycles. The van der Waals surface area contributed by atoms with Gasteiger partial charge in [0.1, 0.15) is 0 Å². The molecule has 0 heterocycles. The third-order valence-electron chi connectivity index (χ3n) is 5.61. The van der Waals surface area contributed by atoms with Crippen molar-refractivity contribution in [1.29, 1.82) is 0 Å². The number of rotatable bonds is 2. The predicted octanol–water partition coefficient (Wildman–Crippen LogP) is 3.60. The van der Waals surface area contributed by atoms with E-state index in [1.165, 1.54) is 43.1 Å². The van der Waals surface area contributed by atoms with Crippen molar-refractivity contribution < 1.29 is 9.53 Å². The van der Waals surface area contributed by atoms with Gasteiger partial charge in [-0.05, 0) is 55.1 Å². The summed E-state index contributed by atoms with van der Waals surface area (Å²) in [5.74, 6) is 2.53. The largest absolute Gasteiger partial charge is 0.466 e. The first-order valence-corrected chi connectivity index (χ1v) is 7.60. The van der Waals surface area contributed by atoms with Gasteiger partial charge in [-0.1, -0.05) is 29.8 Å². The van der Waals surface area contributed by atoms with Gasteiger partial charge in [0.25, 0.3) is 0 Å². The third-order valence-corrected chi connectivity index (χ3v) is 5.61. The van der Waals surface area contributed by atoms with Crippen molar-refractivity contribution in [1.82, 2.24) is 0 Å². The lowest BCUT2D eigenvalue weighted by molar-refractivity contribution is -0.137. The van der Waals surface area contributed by atoms with Gasteiger partial charge in [-0.25, -0.2) is 4.79 Å². The summed E-state index contributed by atoms with van der Waals surface area (Å²) >= 11 is 0. The van der Waals surface area contributed by atoms with E-state index in [0.717, 1.165) is 17.4 Å². The molecule has 0 saturated heterocycles. The van der Waals surface area contributed by atoms with Crippen LogP contribution in [0, 0.1) is 30.6 Å². The number of hydrogen-bond acceptors (Lipinski definition) is 2. The van der Waals surface area contributed by atoms with Crippen LogP contribution < -0.4 is 0 Å². The highest BCUT2D eigenvalue weighted by molar-refractivity contribution is 6.03. The second-order valence-corrected chi connectivity index (χ2v) is 6.57. The first-order valence-electron chi connectivity index (χ1n) is 7.60. The lowest BCUT2D eigenvalue weighted by Gasteiger charge is -2.44. The van der Waals surface area contributed by atoms with Crippen LogP contribution >= 0.6 is 0 Å². The summed E-state index contributed by atoms with van der Waals surface area (Å²) in [7, 11) is 1.50. The number of methoxy groups -OCH3 is 1. The van der Waals surface area contributed by atoms with Crippen LogP contribution in [0.2, 0.25) is 0 Å². The van der Waals surface area contributed by atoms with Crippen LogP contribution in [0.5, 0.6) is 0 Å². The van der Waals surface area contributed by atoms with Gasteiger partial charge < -0.3 is 4.74 Å². The van der Waals surface area contributed by atoms with Crippen LogP contribution in [0.15, 0.2) is 29.8 Å². The number of carbonyl (C=O) groups is 1. The highest BCUT2D eigenvalue weighted by Crippen LogP contribution is 2.66. The van der Waals surface area contributed by atoms with Gasteiger partial charge in [0.2, 0.25) is 0 Å². The summed E-state index contributed by atoms with van der Waals surface area (Å²) in [5.41, 5.74) is 4.76. The summed E-state index contributed by atoms with van der Waals surface area (Å²) in [6.45, 7) is 2.11. The van der Waals surface area contributed by atoms with Gasteiger partial charge in [-0.3, -0.25) is 0 Å². The van der Waals surface area contributed by atoms with Gasteiger partial charge in [-0.2, -0.15) is 0 Å². The van der Waals surface area contributed by atoms with E-state index in [0.29, 0.717) is 11.8 Å². The second kappa shape index (κ2) is 4.21. The van der Waals surface area contributed by atoms with E-state index in [-0.39, 0.29) is 5.97 Å². The number of ether oxygens (including phenoxy) is 1. The average molecular weight is 268 g/mol. The van der Waals surface area contributed by atoms with Gasteiger partial charge in [-0.15, -0.1) is 0 Å². The van der Waals surface area contributed by atoms with Crippen molar-refractivity contribution in [3.63, 3.8) is 0 Å². The third kappa shape index (κ3) is 1.48. The topological polar surface area (TPSA) is 26.3 Å². The Morgan fingerprint density at radius 1 is 1.20 bits per heavy atom. The summed E-state index contributed by atoms with van der Waals surface area (Å²) < 4.78 is 5.06. The molecule has 2 nitrogen and oxygen atoms in total. The summed E-state index contributed by atoms with van der Waals surface area (Å²) in [6, 6.07) is 8.56. The fourth-order valence-electron chi connectivity index (χ4n) is 4.90. The fourth-order valence-corrected chi connectivity index (χ4v) is 4.90. The maximum Gasteiger partial charge on any atom is 0.334 e. The molecule has 4 atom stereocenters. The number of benzene rings is 1. The van der Waals surface area contributed by atoms with E-state index >= 15 is 0 Å². The van der Waals surface area contributed by atoms with Crippen LogP contribution in [0.3, 0.4) is 0 Å². The minimum atomic E-state index is -0.102. The first-order chi connectivity index (χ1) is 9.70. The quantitative estimate of drug-likeness (QED) is 0.766.